The zero-order valence-corrected chi connectivity index (χ0v) is 24.1. The van der Waals surface area contributed by atoms with Gasteiger partial charge in [-0.3, -0.25) is 9.59 Å². The van der Waals surface area contributed by atoms with Crippen molar-refractivity contribution in [2.75, 3.05) is 20.7 Å². The standard InChI is InChI=1S/C27H45N3O4S/c1-12-34-25(33)18(4)16-19(17(2)3)30(11)24(32)22(26(5,6)7)29-23(31)21(28-10)27(8,9)20-14-13-15-35-20/h13-17,19,21-22,28H,12H2,1-11H3,(H,29,31)/t19-,21-,22-/m1/s1. The van der Waals surface area contributed by atoms with Gasteiger partial charge in [0.15, 0.2) is 0 Å². The third-order valence-corrected chi connectivity index (χ3v) is 7.53. The summed E-state index contributed by atoms with van der Waals surface area (Å²) in [5, 5.41) is 8.20. The van der Waals surface area contributed by atoms with Crippen LogP contribution in [0.1, 0.15) is 67.2 Å². The second-order valence-electron chi connectivity index (χ2n) is 11.0. The van der Waals surface area contributed by atoms with Crippen molar-refractivity contribution >= 4 is 29.1 Å². The van der Waals surface area contributed by atoms with Crippen LogP contribution in [0.3, 0.4) is 0 Å². The first-order valence-corrected chi connectivity index (χ1v) is 13.1. The van der Waals surface area contributed by atoms with Gasteiger partial charge in [-0.2, -0.15) is 0 Å². The maximum absolute atomic E-state index is 13.8. The second kappa shape index (κ2) is 12.7. The summed E-state index contributed by atoms with van der Waals surface area (Å²) in [5.74, 6) is -0.784. The Morgan fingerprint density at radius 3 is 2.17 bits per heavy atom. The minimum atomic E-state index is -0.757. The van der Waals surface area contributed by atoms with Crippen molar-refractivity contribution in [2.45, 2.75) is 85.9 Å². The maximum Gasteiger partial charge on any atom is 0.333 e. The third kappa shape index (κ3) is 7.90. The molecule has 0 saturated heterocycles. The summed E-state index contributed by atoms with van der Waals surface area (Å²) in [5.41, 5.74) is -0.549. The monoisotopic (exact) mass is 507 g/mol. The lowest BCUT2D eigenvalue weighted by molar-refractivity contribution is -0.141. The third-order valence-electron chi connectivity index (χ3n) is 6.32. The Morgan fingerprint density at radius 1 is 1.14 bits per heavy atom. The van der Waals surface area contributed by atoms with Crippen LogP contribution >= 0.6 is 11.3 Å². The summed E-state index contributed by atoms with van der Waals surface area (Å²) in [6, 6.07) is 2.37. The van der Waals surface area contributed by atoms with Crippen molar-refractivity contribution in [3.63, 3.8) is 0 Å². The van der Waals surface area contributed by atoms with Crippen LogP contribution < -0.4 is 10.6 Å². The van der Waals surface area contributed by atoms with Crippen LogP contribution in [-0.4, -0.2) is 61.5 Å². The Labute approximate surface area is 215 Å². The number of nitrogens with zero attached hydrogens (tertiary/aromatic N) is 1. The fraction of sp³-hybridized carbons (Fsp3) is 0.667. The van der Waals surface area contributed by atoms with Gasteiger partial charge in [-0.25, -0.2) is 4.79 Å². The number of esters is 1. The van der Waals surface area contributed by atoms with Crippen molar-refractivity contribution < 1.29 is 19.1 Å². The molecule has 0 radical (unpaired) electrons. The highest BCUT2D eigenvalue weighted by Crippen LogP contribution is 2.32. The van der Waals surface area contributed by atoms with Crippen molar-refractivity contribution in [2.24, 2.45) is 11.3 Å². The Bertz CT molecular complexity index is 885. The van der Waals surface area contributed by atoms with E-state index in [0.29, 0.717) is 5.57 Å². The largest absolute Gasteiger partial charge is 0.463 e. The van der Waals surface area contributed by atoms with E-state index in [9.17, 15) is 14.4 Å². The quantitative estimate of drug-likeness (QED) is 0.347. The number of carbonyl (C=O) groups is 3. The summed E-state index contributed by atoms with van der Waals surface area (Å²) in [4.78, 5) is 42.2. The molecule has 198 valence electrons. The van der Waals surface area contributed by atoms with Crippen LogP contribution in [0.2, 0.25) is 0 Å². The smallest absolute Gasteiger partial charge is 0.333 e. The van der Waals surface area contributed by atoms with E-state index >= 15 is 0 Å². The lowest BCUT2D eigenvalue weighted by atomic mass is 9.80. The zero-order chi connectivity index (χ0) is 27.1. The van der Waals surface area contributed by atoms with Gasteiger partial charge in [-0.15, -0.1) is 11.3 Å². The van der Waals surface area contributed by atoms with Gasteiger partial charge in [0.25, 0.3) is 0 Å². The van der Waals surface area contributed by atoms with E-state index in [0.717, 1.165) is 4.88 Å². The van der Waals surface area contributed by atoms with Crippen LogP contribution in [-0.2, 0) is 24.5 Å². The molecule has 1 rings (SSSR count). The number of thiophene rings is 1. The second-order valence-corrected chi connectivity index (χ2v) is 11.9. The molecule has 0 aromatic carbocycles. The molecule has 0 unspecified atom stereocenters. The van der Waals surface area contributed by atoms with Crippen LogP contribution in [0.5, 0.6) is 0 Å². The fourth-order valence-corrected chi connectivity index (χ4v) is 5.04. The Balaban J connectivity index is 3.26. The highest BCUT2D eigenvalue weighted by Gasteiger charge is 2.42. The molecular formula is C27H45N3O4S. The van der Waals surface area contributed by atoms with Crippen LogP contribution in [0, 0.1) is 11.3 Å². The highest BCUT2D eigenvalue weighted by molar-refractivity contribution is 7.10. The Hall–Kier alpha value is -2.19. The molecule has 8 heteroatoms. The number of likely N-dealkylation sites (N-methyl/N-ethyl adjacent to an activating group) is 2. The van der Waals surface area contributed by atoms with E-state index in [4.69, 9.17) is 4.74 Å². The molecule has 0 spiro atoms. The molecule has 1 aromatic rings. The molecule has 0 aliphatic carbocycles. The average molecular weight is 508 g/mol. The SMILES string of the molecule is CCOC(=O)C(C)=C[C@H](C(C)C)N(C)C(=O)[C@@H](NC(=O)[C@@H](NC)C(C)(C)c1cccs1)C(C)(C)C. The molecule has 0 aliphatic rings. The molecule has 2 N–H and O–H groups in total. The van der Waals surface area contributed by atoms with Gasteiger partial charge in [-0.1, -0.05) is 60.6 Å². The van der Waals surface area contributed by atoms with Gasteiger partial charge in [-0.05, 0) is 43.7 Å². The number of nitrogens with one attached hydrogen (secondary N) is 2. The average Bonchev–Trinajstić information content (AvgIpc) is 3.30. The molecule has 1 heterocycles. The molecule has 2 amide bonds. The van der Waals surface area contributed by atoms with Crippen LogP contribution in [0.15, 0.2) is 29.2 Å². The Kier molecular flexibility index (Phi) is 11.2. The number of ether oxygens (including phenoxy) is 1. The molecule has 3 atom stereocenters. The predicted molar refractivity (Wildman–Crippen MR) is 143 cm³/mol. The minimum Gasteiger partial charge on any atom is -0.463 e. The molecule has 1 aromatic heterocycles. The van der Waals surface area contributed by atoms with E-state index in [1.165, 1.54) is 0 Å². The number of rotatable bonds is 11. The van der Waals surface area contributed by atoms with Gasteiger partial charge >= 0.3 is 5.97 Å². The van der Waals surface area contributed by atoms with E-state index in [1.54, 1.807) is 50.3 Å². The molecule has 0 saturated carbocycles. The Morgan fingerprint density at radius 2 is 1.74 bits per heavy atom. The van der Waals surface area contributed by atoms with Crippen molar-refractivity contribution in [1.82, 2.24) is 15.5 Å². The maximum atomic E-state index is 13.8. The van der Waals surface area contributed by atoms with Gasteiger partial charge in [0, 0.05) is 22.9 Å². The van der Waals surface area contributed by atoms with Crippen LogP contribution in [0.4, 0.5) is 0 Å². The van der Waals surface area contributed by atoms with Crippen molar-refractivity contribution in [3.05, 3.63) is 34.0 Å². The van der Waals surface area contributed by atoms with Gasteiger partial charge in [0.1, 0.15) is 6.04 Å². The summed E-state index contributed by atoms with van der Waals surface area (Å²) >= 11 is 1.61. The lowest BCUT2D eigenvalue weighted by Crippen LogP contribution is -2.61. The van der Waals surface area contributed by atoms with E-state index in [2.05, 4.69) is 10.6 Å². The van der Waals surface area contributed by atoms with Crippen LogP contribution in [0.25, 0.3) is 0 Å². The molecule has 35 heavy (non-hydrogen) atoms. The number of carbonyl (C=O) groups excluding carboxylic acids is 3. The fourth-order valence-electron chi connectivity index (χ4n) is 4.15. The first kappa shape index (κ1) is 30.8. The topological polar surface area (TPSA) is 87.7 Å². The first-order valence-electron chi connectivity index (χ1n) is 12.2. The summed E-state index contributed by atoms with van der Waals surface area (Å²) in [6.45, 7) is 17.6. The van der Waals surface area contributed by atoms with Gasteiger partial charge < -0.3 is 20.3 Å². The number of amides is 2. The summed E-state index contributed by atoms with van der Waals surface area (Å²) in [6.07, 6.45) is 1.78. The minimum absolute atomic E-state index is 0.0486. The van der Waals surface area contributed by atoms with Gasteiger partial charge in [0.05, 0.1) is 18.7 Å². The summed E-state index contributed by atoms with van der Waals surface area (Å²) < 4.78 is 5.11. The molecular weight excluding hydrogens is 462 g/mol. The van der Waals surface area contributed by atoms with Crippen molar-refractivity contribution in [1.29, 1.82) is 0 Å². The molecule has 7 nitrogen and oxygen atoms in total. The van der Waals surface area contributed by atoms with Crippen molar-refractivity contribution in [3.8, 4) is 0 Å². The van der Waals surface area contributed by atoms with E-state index in [1.807, 2.05) is 66.0 Å². The number of hydrogen-bond acceptors (Lipinski definition) is 6. The predicted octanol–water partition coefficient (Wildman–Crippen LogP) is 4.14. The normalized spacial score (nSPS) is 15.4. The first-order chi connectivity index (χ1) is 16.1. The van der Waals surface area contributed by atoms with E-state index in [-0.39, 0.29) is 30.4 Å². The van der Waals surface area contributed by atoms with E-state index < -0.39 is 28.9 Å². The van der Waals surface area contributed by atoms with Gasteiger partial charge in [0.2, 0.25) is 11.8 Å². The molecule has 0 aliphatic heterocycles. The summed E-state index contributed by atoms with van der Waals surface area (Å²) in [7, 11) is 3.48. The lowest BCUT2D eigenvalue weighted by Gasteiger charge is -2.39. The zero-order valence-electron chi connectivity index (χ0n) is 23.3. The molecule has 0 fully saturated rings. The molecule has 0 bridgehead atoms. The highest BCUT2D eigenvalue weighted by atomic mass is 32.1. The number of hydrogen-bond donors (Lipinski definition) is 2.